The summed E-state index contributed by atoms with van der Waals surface area (Å²) in [6.07, 6.45) is 4.70. The van der Waals surface area contributed by atoms with Crippen LogP contribution in [0, 0.1) is 10.8 Å². The Morgan fingerprint density at radius 2 is 1.86 bits per heavy atom. The predicted molar refractivity (Wildman–Crippen MR) is 57.2 cm³/mol. The maximum atomic E-state index is 11.0. The van der Waals surface area contributed by atoms with Gasteiger partial charge < -0.3 is 10.1 Å². The van der Waals surface area contributed by atoms with Gasteiger partial charge in [-0.3, -0.25) is 0 Å². The first kappa shape index (κ1) is 10.2. The van der Waals surface area contributed by atoms with Crippen LogP contribution in [0.5, 0.6) is 0 Å². The number of carbonyl (C=O) groups excluding carboxylic acids is 1. The zero-order valence-corrected chi connectivity index (χ0v) is 9.52. The van der Waals surface area contributed by atoms with Crippen molar-refractivity contribution in [3.05, 3.63) is 0 Å². The van der Waals surface area contributed by atoms with Gasteiger partial charge in [-0.05, 0) is 37.0 Å². The summed E-state index contributed by atoms with van der Waals surface area (Å²) in [5, 5.41) is 3.51. The van der Waals surface area contributed by atoms with Gasteiger partial charge in [0.1, 0.15) is 5.78 Å². The second-order valence-electron chi connectivity index (χ2n) is 5.94. The number of ketones is 1. The van der Waals surface area contributed by atoms with Crippen molar-refractivity contribution in [1.29, 1.82) is 0 Å². The molecule has 0 amide bonds. The molecule has 3 saturated carbocycles. The first-order valence-corrected chi connectivity index (χ1v) is 5.68. The maximum absolute atomic E-state index is 11.0. The van der Waals surface area contributed by atoms with Gasteiger partial charge in [0.2, 0.25) is 0 Å². The lowest BCUT2D eigenvalue weighted by atomic mass is 9.34. The molecular weight excluding hydrogens is 174 g/mol. The summed E-state index contributed by atoms with van der Waals surface area (Å²) < 4.78 is 0. The summed E-state index contributed by atoms with van der Waals surface area (Å²) in [4.78, 5) is 11.0. The third-order valence-electron chi connectivity index (χ3n) is 3.76. The quantitative estimate of drug-likeness (QED) is 0.728. The fraction of sp³-hybridized carbons (Fsp3) is 0.917. The highest BCUT2D eigenvalue weighted by Gasteiger charge is 2.66. The van der Waals surface area contributed by atoms with Crippen LogP contribution >= 0.6 is 0 Å². The van der Waals surface area contributed by atoms with Crippen LogP contribution in [0.1, 0.15) is 46.5 Å². The summed E-state index contributed by atoms with van der Waals surface area (Å²) in [6, 6.07) is 0.591. The minimum Gasteiger partial charge on any atom is -0.314 e. The van der Waals surface area contributed by atoms with E-state index in [1.54, 1.807) is 6.92 Å². The minimum absolute atomic E-state index is 0.370. The summed E-state index contributed by atoms with van der Waals surface area (Å²) >= 11 is 0. The van der Waals surface area contributed by atoms with Crippen molar-refractivity contribution in [2.75, 3.05) is 6.54 Å². The van der Waals surface area contributed by atoms with E-state index in [2.05, 4.69) is 19.2 Å². The van der Waals surface area contributed by atoms with Gasteiger partial charge in [0, 0.05) is 19.0 Å². The lowest BCUT2D eigenvalue weighted by Crippen LogP contribution is -2.65. The molecule has 2 heteroatoms. The van der Waals surface area contributed by atoms with E-state index in [-0.39, 0.29) is 0 Å². The van der Waals surface area contributed by atoms with E-state index in [9.17, 15) is 4.79 Å². The van der Waals surface area contributed by atoms with E-state index in [4.69, 9.17) is 0 Å². The van der Waals surface area contributed by atoms with Crippen LogP contribution in [0.3, 0.4) is 0 Å². The Labute approximate surface area is 86.5 Å². The third kappa shape index (κ3) is 1.60. The van der Waals surface area contributed by atoms with E-state index in [1.807, 2.05) is 0 Å². The van der Waals surface area contributed by atoms with Gasteiger partial charge in [-0.2, -0.15) is 0 Å². The van der Waals surface area contributed by atoms with E-state index < -0.39 is 0 Å². The van der Waals surface area contributed by atoms with Crippen LogP contribution < -0.4 is 5.32 Å². The first-order valence-electron chi connectivity index (χ1n) is 5.68. The highest BCUT2D eigenvalue weighted by atomic mass is 16.1. The molecule has 0 aromatic carbocycles. The summed E-state index contributed by atoms with van der Waals surface area (Å²) in [6.45, 7) is 7.26. The third-order valence-corrected chi connectivity index (χ3v) is 3.76. The van der Waals surface area contributed by atoms with Gasteiger partial charge in [0.05, 0.1) is 0 Å². The average Bonchev–Trinajstić information content (AvgIpc) is 1.90. The zero-order chi connectivity index (χ0) is 10.4. The van der Waals surface area contributed by atoms with E-state index in [0.29, 0.717) is 22.7 Å². The summed E-state index contributed by atoms with van der Waals surface area (Å²) in [5.41, 5.74) is 1.03. The highest BCUT2D eigenvalue weighted by molar-refractivity contribution is 5.76. The molecular formula is C12H21NO. The molecule has 1 N–H and O–H groups in total. The first-order chi connectivity index (χ1) is 6.45. The maximum Gasteiger partial charge on any atom is 0.130 e. The van der Waals surface area contributed by atoms with Crippen LogP contribution in [-0.4, -0.2) is 18.4 Å². The Balaban J connectivity index is 1.74. The minimum atomic E-state index is 0.370. The van der Waals surface area contributed by atoms with E-state index in [1.165, 1.54) is 19.3 Å². The number of hydrogen-bond acceptors (Lipinski definition) is 2. The Hall–Kier alpha value is -0.370. The van der Waals surface area contributed by atoms with Gasteiger partial charge in [0.15, 0.2) is 0 Å². The van der Waals surface area contributed by atoms with E-state index in [0.717, 1.165) is 13.0 Å². The average molecular weight is 195 g/mol. The highest BCUT2D eigenvalue weighted by Crippen LogP contribution is 2.74. The number of carbonyl (C=O) groups is 1. The molecule has 0 spiro atoms. The number of hydrogen-bond donors (Lipinski definition) is 1. The van der Waals surface area contributed by atoms with Crippen LogP contribution in [0.25, 0.3) is 0 Å². The van der Waals surface area contributed by atoms with E-state index >= 15 is 0 Å². The van der Waals surface area contributed by atoms with Crippen molar-refractivity contribution in [2.24, 2.45) is 10.8 Å². The standard InChI is InChI=1S/C12H21NO/c1-9(2)13-8-12-5-11(6-12,7-12)4-10(3)14/h9,13H,4-8H2,1-3H3. The second kappa shape index (κ2) is 3.06. The van der Waals surface area contributed by atoms with Gasteiger partial charge >= 0.3 is 0 Å². The molecule has 0 unspecified atom stereocenters. The summed E-state index contributed by atoms with van der Waals surface area (Å²) in [7, 11) is 0. The fourth-order valence-electron chi connectivity index (χ4n) is 3.55. The molecule has 0 heterocycles. The van der Waals surface area contributed by atoms with Crippen LogP contribution in [0.15, 0.2) is 0 Å². The molecule has 0 aliphatic heterocycles. The van der Waals surface area contributed by atoms with Gasteiger partial charge in [-0.1, -0.05) is 13.8 Å². The molecule has 14 heavy (non-hydrogen) atoms. The lowest BCUT2D eigenvalue weighted by Gasteiger charge is -2.71. The molecule has 0 radical (unpaired) electrons. The van der Waals surface area contributed by atoms with Gasteiger partial charge in [0.25, 0.3) is 0 Å². The normalized spacial score (nSPS) is 39.1. The largest absolute Gasteiger partial charge is 0.314 e. The number of Topliss-reactive ketones (excluding diaryl/α,β-unsaturated/α-hetero) is 1. The Kier molecular flexibility index (Phi) is 2.22. The SMILES string of the molecule is CC(=O)CC12CC(CNC(C)C)(C1)C2. The van der Waals surface area contributed by atoms with Crippen molar-refractivity contribution in [3.8, 4) is 0 Å². The number of rotatable bonds is 5. The number of nitrogens with one attached hydrogen (secondary N) is 1. The molecule has 2 nitrogen and oxygen atoms in total. The molecule has 3 fully saturated rings. The molecule has 0 aromatic heterocycles. The molecule has 3 aliphatic carbocycles. The van der Waals surface area contributed by atoms with Crippen molar-refractivity contribution >= 4 is 5.78 Å². The fourth-order valence-corrected chi connectivity index (χ4v) is 3.55. The Morgan fingerprint density at radius 1 is 1.29 bits per heavy atom. The van der Waals surface area contributed by atoms with Crippen LogP contribution in [0.2, 0.25) is 0 Å². The molecule has 80 valence electrons. The second-order valence-corrected chi connectivity index (χ2v) is 5.94. The monoisotopic (exact) mass is 195 g/mol. The Morgan fingerprint density at radius 3 is 2.29 bits per heavy atom. The lowest BCUT2D eigenvalue weighted by molar-refractivity contribution is -0.204. The van der Waals surface area contributed by atoms with Gasteiger partial charge in [-0.25, -0.2) is 0 Å². The van der Waals surface area contributed by atoms with Gasteiger partial charge in [-0.15, -0.1) is 0 Å². The Bertz CT molecular complexity index is 237. The molecule has 3 aliphatic rings. The van der Waals surface area contributed by atoms with Crippen molar-refractivity contribution in [1.82, 2.24) is 5.32 Å². The van der Waals surface area contributed by atoms with Crippen molar-refractivity contribution < 1.29 is 4.79 Å². The molecule has 0 aromatic rings. The smallest absolute Gasteiger partial charge is 0.130 e. The molecule has 0 saturated heterocycles. The van der Waals surface area contributed by atoms with Crippen LogP contribution in [0.4, 0.5) is 0 Å². The predicted octanol–water partition coefficient (Wildman–Crippen LogP) is 2.13. The van der Waals surface area contributed by atoms with Crippen molar-refractivity contribution in [3.63, 3.8) is 0 Å². The molecule has 0 atom stereocenters. The molecule has 2 bridgehead atoms. The zero-order valence-electron chi connectivity index (χ0n) is 9.52. The van der Waals surface area contributed by atoms with Crippen LogP contribution in [-0.2, 0) is 4.79 Å². The molecule has 3 rings (SSSR count). The summed E-state index contributed by atoms with van der Waals surface area (Å²) in [5.74, 6) is 0.370. The topological polar surface area (TPSA) is 29.1 Å². The van der Waals surface area contributed by atoms with Crippen molar-refractivity contribution in [2.45, 2.75) is 52.5 Å².